The molecule has 1 nitrogen and oxygen atoms in total. The molecule has 0 N–H and O–H groups in total. The van der Waals surface area contributed by atoms with E-state index in [1.807, 2.05) is 0 Å². The Morgan fingerprint density at radius 2 is 2.09 bits per heavy atom. The van der Waals surface area contributed by atoms with Gasteiger partial charge in [-0.25, -0.2) is 0 Å². The highest BCUT2D eigenvalue weighted by Crippen LogP contribution is 2.25. The molecule has 0 atom stereocenters. The molecule has 0 fully saturated rings. The lowest BCUT2D eigenvalue weighted by Crippen LogP contribution is -1.91. The molecule has 0 aromatic heterocycles. The molecule has 0 aliphatic carbocycles. The molecular formula is C7H3BrCl2O. The second-order valence-corrected chi connectivity index (χ2v) is 3.48. The first kappa shape index (κ1) is 9.04. The van der Waals surface area contributed by atoms with Crippen LogP contribution in [0, 0.1) is 0 Å². The molecule has 0 unspecified atom stereocenters. The molecule has 1 aromatic rings. The van der Waals surface area contributed by atoms with Gasteiger partial charge < -0.3 is 0 Å². The van der Waals surface area contributed by atoms with E-state index < -0.39 is 5.24 Å². The topological polar surface area (TPSA) is 17.1 Å². The van der Waals surface area contributed by atoms with Crippen LogP contribution in [0.2, 0.25) is 5.02 Å². The Labute approximate surface area is 82.4 Å². The number of hydrogen-bond donors (Lipinski definition) is 0. The fraction of sp³-hybridized carbons (Fsp3) is 0. The fourth-order valence-electron chi connectivity index (χ4n) is 0.686. The molecule has 0 heterocycles. The molecule has 4 heteroatoms. The predicted molar refractivity (Wildman–Crippen MR) is 49.3 cm³/mol. The van der Waals surface area contributed by atoms with Gasteiger partial charge >= 0.3 is 0 Å². The van der Waals surface area contributed by atoms with Crippen molar-refractivity contribution in [2.45, 2.75) is 0 Å². The molecule has 11 heavy (non-hydrogen) atoms. The van der Waals surface area contributed by atoms with Gasteiger partial charge in [-0.1, -0.05) is 17.7 Å². The summed E-state index contributed by atoms with van der Waals surface area (Å²) in [6.07, 6.45) is 0. The normalized spacial score (nSPS) is 9.73. The third-order valence-corrected chi connectivity index (χ3v) is 2.32. The van der Waals surface area contributed by atoms with Crippen LogP contribution in [0.1, 0.15) is 10.4 Å². The summed E-state index contributed by atoms with van der Waals surface area (Å²) in [7, 11) is 0. The number of hydrogen-bond acceptors (Lipinski definition) is 1. The van der Waals surface area contributed by atoms with Crippen molar-refractivity contribution in [1.82, 2.24) is 0 Å². The van der Waals surface area contributed by atoms with Crippen LogP contribution in [0.4, 0.5) is 0 Å². The minimum absolute atomic E-state index is 0.316. The van der Waals surface area contributed by atoms with Gasteiger partial charge in [0.05, 0.1) is 10.6 Å². The Morgan fingerprint density at radius 1 is 1.45 bits per heavy atom. The molecule has 0 amide bonds. The molecule has 0 saturated heterocycles. The van der Waals surface area contributed by atoms with Gasteiger partial charge in [0.2, 0.25) is 0 Å². The van der Waals surface area contributed by atoms with E-state index in [2.05, 4.69) is 15.9 Å². The van der Waals surface area contributed by atoms with Crippen molar-refractivity contribution < 1.29 is 4.79 Å². The summed E-state index contributed by atoms with van der Waals surface area (Å²) < 4.78 is 0.616. The number of benzene rings is 1. The molecule has 0 aliphatic rings. The van der Waals surface area contributed by atoms with Gasteiger partial charge in [-0.2, -0.15) is 0 Å². The zero-order chi connectivity index (χ0) is 8.43. The van der Waals surface area contributed by atoms with Gasteiger partial charge in [0.25, 0.3) is 5.24 Å². The van der Waals surface area contributed by atoms with Crippen LogP contribution in [-0.2, 0) is 0 Å². The summed E-state index contributed by atoms with van der Waals surface area (Å²) in [6, 6.07) is 5.05. The second-order valence-electron chi connectivity index (χ2n) is 1.87. The highest BCUT2D eigenvalue weighted by molar-refractivity contribution is 9.10. The zero-order valence-electron chi connectivity index (χ0n) is 5.27. The van der Waals surface area contributed by atoms with E-state index in [9.17, 15) is 4.79 Å². The molecule has 58 valence electrons. The summed E-state index contributed by atoms with van der Waals surface area (Å²) >= 11 is 14.1. The van der Waals surface area contributed by atoms with Gasteiger partial charge in [0.15, 0.2) is 0 Å². The van der Waals surface area contributed by atoms with Gasteiger partial charge in [0.1, 0.15) is 0 Å². The summed E-state index contributed by atoms with van der Waals surface area (Å²) in [5, 5.41) is -0.193. The highest BCUT2D eigenvalue weighted by atomic mass is 79.9. The molecule has 0 aliphatic heterocycles. The van der Waals surface area contributed by atoms with Crippen molar-refractivity contribution >= 4 is 44.4 Å². The van der Waals surface area contributed by atoms with Crippen molar-refractivity contribution in [3.05, 3.63) is 33.3 Å². The van der Waals surface area contributed by atoms with Gasteiger partial charge in [-0.3, -0.25) is 4.79 Å². The quantitative estimate of drug-likeness (QED) is 0.701. The first-order valence-corrected chi connectivity index (χ1v) is 4.31. The molecule has 0 bridgehead atoms. The number of carbonyl (C=O) groups is 1. The van der Waals surface area contributed by atoms with E-state index in [4.69, 9.17) is 23.2 Å². The molecule has 0 radical (unpaired) electrons. The van der Waals surface area contributed by atoms with Gasteiger partial charge in [-0.15, -0.1) is 0 Å². The van der Waals surface area contributed by atoms with Crippen LogP contribution in [0.15, 0.2) is 22.7 Å². The lowest BCUT2D eigenvalue weighted by Gasteiger charge is -1.99. The average molecular weight is 254 g/mol. The van der Waals surface area contributed by atoms with Crippen LogP contribution < -0.4 is 0 Å². The largest absolute Gasteiger partial charge is 0.276 e. The Kier molecular flexibility index (Phi) is 2.93. The van der Waals surface area contributed by atoms with E-state index in [0.29, 0.717) is 15.1 Å². The third-order valence-electron chi connectivity index (χ3n) is 1.16. The Bertz CT molecular complexity index is 278. The molecule has 1 aromatic carbocycles. The van der Waals surface area contributed by atoms with Crippen molar-refractivity contribution in [3.63, 3.8) is 0 Å². The summed E-state index contributed by atoms with van der Waals surface area (Å²) in [4.78, 5) is 10.7. The SMILES string of the molecule is O=C(Cl)c1c(Cl)cccc1Br. The fourth-order valence-corrected chi connectivity index (χ4v) is 1.97. The monoisotopic (exact) mass is 252 g/mol. The van der Waals surface area contributed by atoms with Crippen LogP contribution in [0.3, 0.4) is 0 Å². The Hall–Kier alpha value is -0.0500. The zero-order valence-corrected chi connectivity index (χ0v) is 8.37. The van der Waals surface area contributed by atoms with Crippen LogP contribution in [-0.4, -0.2) is 5.24 Å². The van der Waals surface area contributed by atoms with Crippen LogP contribution in [0.5, 0.6) is 0 Å². The number of rotatable bonds is 1. The van der Waals surface area contributed by atoms with Crippen molar-refractivity contribution in [2.75, 3.05) is 0 Å². The Morgan fingerprint density at radius 3 is 2.45 bits per heavy atom. The number of carbonyl (C=O) groups excluding carboxylic acids is 1. The maximum Gasteiger partial charge on any atom is 0.255 e. The first-order chi connectivity index (χ1) is 5.13. The number of halogens is 3. The van der Waals surface area contributed by atoms with Crippen molar-refractivity contribution in [1.29, 1.82) is 0 Å². The lowest BCUT2D eigenvalue weighted by atomic mass is 10.2. The van der Waals surface area contributed by atoms with Gasteiger partial charge in [-0.05, 0) is 39.7 Å². The minimum Gasteiger partial charge on any atom is -0.276 e. The van der Waals surface area contributed by atoms with Crippen LogP contribution >= 0.6 is 39.1 Å². The molecule has 0 saturated carbocycles. The smallest absolute Gasteiger partial charge is 0.255 e. The second kappa shape index (κ2) is 3.57. The van der Waals surface area contributed by atoms with E-state index in [-0.39, 0.29) is 0 Å². The van der Waals surface area contributed by atoms with Crippen LogP contribution in [0.25, 0.3) is 0 Å². The molecule has 0 spiro atoms. The third kappa shape index (κ3) is 1.95. The molecule has 1 rings (SSSR count). The van der Waals surface area contributed by atoms with E-state index in [1.165, 1.54) is 0 Å². The summed E-state index contributed by atoms with van der Waals surface area (Å²) in [5.74, 6) is 0. The lowest BCUT2D eigenvalue weighted by molar-refractivity contribution is 0.108. The average Bonchev–Trinajstić information content (AvgIpc) is 1.85. The van der Waals surface area contributed by atoms with Crippen molar-refractivity contribution in [2.24, 2.45) is 0 Å². The van der Waals surface area contributed by atoms with E-state index in [1.54, 1.807) is 18.2 Å². The summed E-state index contributed by atoms with van der Waals surface area (Å²) in [6.45, 7) is 0. The maximum absolute atomic E-state index is 10.7. The van der Waals surface area contributed by atoms with E-state index >= 15 is 0 Å². The van der Waals surface area contributed by atoms with E-state index in [0.717, 1.165) is 0 Å². The van der Waals surface area contributed by atoms with Gasteiger partial charge in [0, 0.05) is 4.47 Å². The summed E-state index contributed by atoms with van der Waals surface area (Å²) in [5.41, 5.74) is 0.316. The standard InChI is InChI=1S/C7H3BrCl2O/c8-4-2-1-3-5(9)6(4)7(10)11/h1-3H. The first-order valence-electron chi connectivity index (χ1n) is 2.77. The molecular weight excluding hydrogens is 251 g/mol. The van der Waals surface area contributed by atoms with Crippen molar-refractivity contribution in [3.8, 4) is 0 Å². The highest BCUT2D eigenvalue weighted by Gasteiger charge is 2.10. The minimum atomic E-state index is -0.553. The predicted octanol–water partition coefficient (Wildman–Crippen LogP) is 3.48. The maximum atomic E-state index is 10.7. The Balaban J connectivity index is 3.32.